The van der Waals surface area contributed by atoms with Crippen molar-refractivity contribution < 1.29 is 19.1 Å². The zero-order chi connectivity index (χ0) is 19.1. The maximum atomic E-state index is 13.0. The molecule has 4 rings (SSSR count). The number of thiophene rings is 1. The molecule has 4 heterocycles. The number of rotatable bonds is 5. The van der Waals surface area contributed by atoms with Crippen LogP contribution in [0.2, 0.25) is 0 Å². The lowest BCUT2D eigenvalue weighted by Crippen LogP contribution is -2.30. The Bertz CT molecular complexity index is 1020. The molecule has 0 saturated carbocycles. The summed E-state index contributed by atoms with van der Waals surface area (Å²) in [7, 11) is 0. The number of aromatic nitrogens is 2. The van der Waals surface area contributed by atoms with Gasteiger partial charge >= 0.3 is 0 Å². The van der Waals surface area contributed by atoms with Gasteiger partial charge in [0, 0.05) is 5.92 Å². The minimum Gasteiger partial charge on any atom is -0.503 e. The predicted octanol–water partition coefficient (Wildman–Crippen LogP) is 4.10. The summed E-state index contributed by atoms with van der Waals surface area (Å²) in [6.45, 7) is 3.95. The van der Waals surface area contributed by atoms with Gasteiger partial charge in [-0.15, -0.1) is 21.5 Å². The van der Waals surface area contributed by atoms with Crippen molar-refractivity contribution in [3.8, 4) is 0 Å². The van der Waals surface area contributed by atoms with Crippen molar-refractivity contribution in [2.24, 2.45) is 0 Å². The molecule has 0 bridgehead atoms. The monoisotopic (exact) mass is 401 g/mol. The number of Topliss-reactive ketones (excluding diaryl/α,β-unsaturated/α-hetero) is 1. The van der Waals surface area contributed by atoms with Gasteiger partial charge in [0.1, 0.15) is 16.8 Å². The average molecular weight is 401 g/mol. The number of aliphatic hydroxyl groups excluding tert-OH is 1. The zero-order valence-electron chi connectivity index (χ0n) is 14.4. The van der Waals surface area contributed by atoms with Crippen LogP contribution in [0.5, 0.6) is 0 Å². The molecule has 3 aromatic heterocycles. The van der Waals surface area contributed by atoms with Crippen LogP contribution in [0.4, 0.5) is 5.13 Å². The van der Waals surface area contributed by atoms with Crippen molar-refractivity contribution in [2.45, 2.75) is 25.8 Å². The van der Waals surface area contributed by atoms with Crippen LogP contribution in [0.1, 0.15) is 46.2 Å². The van der Waals surface area contributed by atoms with Crippen molar-refractivity contribution >= 4 is 39.5 Å². The molecular formula is C18H15N3O4S2. The lowest BCUT2D eigenvalue weighted by molar-refractivity contribution is -0.117. The first-order valence-corrected chi connectivity index (χ1v) is 9.90. The van der Waals surface area contributed by atoms with Gasteiger partial charge in [0.25, 0.3) is 5.91 Å². The largest absolute Gasteiger partial charge is 0.503 e. The number of hydrogen-bond acceptors (Lipinski definition) is 8. The van der Waals surface area contributed by atoms with Crippen LogP contribution >= 0.6 is 22.7 Å². The number of aliphatic hydroxyl groups is 1. The molecule has 0 aromatic carbocycles. The van der Waals surface area contributed by atoms with E-state index in [9.17, 15) is 14.7 Å². The van der Waals surface area contributed by atoms with Gasteiger partial charge in [0.15, 0.2) is 5.76 Å². The molecule has 1 aliphatic rings. The first-order valence-electron chi connectivity index (χ1n) is 8.20. The molecule has 0 radical (unpaired) electrons. The normalized spacial score (nSPS) is 17.4. The summed E-state index contributed by atoms with van der Waals surface area (Å²) in [6.07, 6.45) is 1.46. The molecule has 1 N–H and O–H groups in total. The van der Waals surface area contributed by atoms with E-state index in [-0.39, 0.29) is 11.5 Å². The predicted molar refractivity (Wildman–Crippen MR) is 101 cm³/mol. The van der Waals surface area contributed by atoms with Crippen LogP contribution in [0.25, 0.3) is 0 Å². The van der Waals surface area contributed by atoms with E-state index in [1.165, 1.54) is 33.8 Å². The van der Waals surface area contributed by atoms with E-state index in [1.807, 2.05) is 13.8 Å². The van der Waals surface area contributed by atoms with E-state index >= 15 is 0 Å². The summed E-state index contributed by atoms with van der Waals surface area (Å²) >= 11 is 2.50. The Morgan fingerprint density at radius 1 is 1.30 bits per heavy atom. The Kier molecular flexibility index (Phi) is 4.40. The Morgan fingerprint density at radius 3 is 2.70 bits per heavy atom. The zero-order valence-corrected chi connectivity index (χ0v) is 16.1. The Morgan fingerprint density at radius 2 is 2.11 bits per heavy atom. The topological polar surface area (TPSA) is 96.5 Å². The number of ketones is 1. The van der Waals surface area contributed by atoms with Crippen molar-refractivity contribution in [3.63, 3.8) is 0 Å². The van der Waals surface area contributed by atoms with Gasteiger partial charge in [-0.05, 0) is 23.6 Å². The SMILES string of the molecule is CC(C)c1nnc(N2C(=O)C(O)=C(C(=O)c3cccs3)[C@@H]2c2ccco2)s1. The van der Waals surface area contributed by atoms with Gasteiger partial charge in [-0.1, -0.05) is 31.3 Å². The Labute approximate surface area is 162 Å². The number of nitrogens with zero attached hydrogens (tertiary/aromatic N) is 3. The second kappa shape index (κ2) is 6.75. The molecule has 0 fully saturated rings. The molecule has 7 nitrogen and oxygen atoms in total. The molecule has 1 amide bonds. The third-order valence-corrected chi connectivity index (χ3v) is 6.23. The summed E-state index contributed by atoms with van der Waals surface area (Å²) in [6, 6.07) is 5.83. The van der Waals surface area contributed by atoms with Gasteiger partial charge < -0.3 is 9.52 Å². The van der Waals surface area contributed by atoms with E-state index in [0.29, 0.717) is 15.8 Å². The molecule has 0 aliphatic carbocycles. The van der Waals surface area contributed by atoms with Gasteiger partial charge in [-0.3, -0.25) is 14.5 Å². The molecule has 1 aliphatic heterocycles. The summed E-state index contributed by atoms with van der Waals surface area (Å²) in [5, 5.41) is 21.6. The second-order valence-electron chi connectivity index (χ2n) is 6.24. The van der Waals surface area contributed by atoms with Crippen LogP contribution in [0, 0.1) is 0 Å². The van der Waals surface area contributed by atoms with Crippen LogP contribution in [0.15, 0.2) is 51.7 Å². The van der Waals surface area contributed by atoms with Gasteiger partial charge in [0.2, 0.25) is 10.9 Å². The average Bonchev–Trinajstić information content (AvgIpc) is 3.43. The minimum absolute atomic E-state index is 0.0151. The molecule has 0 unspecified atom stereocenters. The molecule has 9 heteroatoms. The summed E-state index contributed by atoms with van der Waals surface area (Å²) in [5.41, 5.74) is -0.0151. The van der Waals surface area contributed by atoms with E-state index in [2.05, 4.69) is 10.2 Å². The number of anilines is 1. The first kappa shape index (κ1) is 17.6. The highest BCUT2D eigenvalue weighted by molar-refractivity contribution is 7.15. The van der Waals surface area contributed by atoms with E-state index in [4.69, 9.17) is 4.42 Å². The van der Waals surface area contributed by atoms with Crippen molar-refractivity contribution in [1.29, 1.82) is 0 Å². The number of furan rings is 1. The van der Waals surface area contributed by atoms with Crippen molar-refractivity contribution in [3.05, 3.63) is 62.9 Å². The maximum absolute atomic E-state index is 13.0. The van der Waals surface area contributed by atoms with Crippen LogP contribution in [-0.2, 0) is 4.79 Å². The highest BCUT2D eigenvalue weighted by Gasteiger charge is 2.47. The fourth-order valence-corrected chi connectivity index (χ4v) is 4.40. The van der Waals surface area contributed by atoms with E-state index in [1.54, 1.807) is 29.6 Å². The number of hydrogen-bond donors (Lipinski definition) is 1. The Hall–Kier alpha value is -2.78. The molecule has 1 atom stereocenters. The quantitative estimate of drug-likeness (QED) is 0.647. The fourth-order valence-electron chi connectivity index (χ4n) is 2.85. The smallest absolute Gasteiger partial charge is 0.296 e. The van der Waals surface area contributed by atoms with E-state index in [0.717, 1.165) is 5.01 Å². The van der Waals surface area contributed by atoms with Crippen LogP contribution < -0.4 is 4.90 Å². The lowest BCUT2D eigenvalue weighted by atomic mass is 10.0. The number of carbonyl (C=O) groups excluding carboxylic acids is 2. The van der Waals surface area contributed by atoms with Crippen LogP contribution in [0.3, 0.4) is 0 Å². The third kappa shape index (κ3) is 2.88. The van der Waals surface area contributed by atoms with Gasteiger partial charge in [-0.25, -0.2) is 0 Å². The highest BCUT2D eigenvalue weighted by atomic mass is 32.1. The lowest BCUT2D eigenvalue weighted by Gasteiger charge is -2.21. The van der Waals surface area contributed by atoms with Gasteiger partial charge in [0.05, 0.1) is 16.7 Å². The highest BCUT2D eigenvalue weighted by Crippen LogP contribution is 2.43. The van der Waals surface area contributed by atoms with Crippen molar-refractivity contribution in [2.75, 3.05) is 4.90 Å². The molecular weight excluding hydrogens is 386 g/mol. The standard InChI is InChI=1S/C18H15N3O4S2/c1-9(2)16-19-20-18(27-16)21-13(10-5-3-7-25-10)12(15(23)17(21)24)14(22)11-6-4-8-26-11/h3-9,13,23H,1-2H3/t13-/m0/s1. The molecule has 0 spiro atoms. The summed E-state index contributed by atoms with van der Waals surface area (Å²) in [5.74, 6) is -1.18. The molecule has 0 saturated heterocycles. The molecule has 138 valence electrons. The first-order chi connectivity index (χ1) is 13.0. The maximum Gasteiger partial charge on any atom is 0.296 e. The molecule has 3 aromatic rings. The minimum atomic E-state index is -0.893. The van der Waals surface area contributed by atoms with E-state index < -0.39 is 23.5 Å². The molecule has 27 heavy (non-hydrogen) atoms. The third-order valence-electron chi connectivity index (χ3n) is 4.14. The summed E-state index contributed by atoms with van der Waals surface area (Å²) in [4.78, 5) is 27.6. The van der Waals surface area contributed by atoms with Gasteiger partial charge in [-0.2, -0.15) is 0 Å². The second-order valence-corrected chi connectivity index (χ2v) is 8.17. The summed E-state index contributed by atoms with van der Waals surface area (Å²) < 4.78 is 5.49. The number of amides is 1. The number of carbonyl (C=O) groups is 2. The van der Waals surface area contributed by atoms with Crippen LogP contribution in [-0.4, -0.2) is 27.0 Å². The Balaban J connectivity index is 1.83. The van der Waals surface area contributed by atoms with Crippen molar-refractivity contribution in [1.82, 2.24) is 10.2 Å². The fraction of sp³-hybridized carbons (Fsp3) is 0.222.